The predicted molar refractivity (Wildman–Crippen MR) is 80.4 cm³/mol. The van der Waals surface area contributed by atoms with E-state index in [2.05, 4.69) is 56.4 Å². The highest BCUT2D eigenvalue weighted by atomic mass is 16.5. The molecular weight excluding hydrogens is 234 g/mol. The molecule has 1 N–H and O–H groups in total. The van der Waals surface area contributed by atoms with E-state index in [-0.39, 0.29) is 5.60 Å². The predicted octanol–water partition coefficient (Wildman–Crippen LogP) is 3.55. The number of benzene rings is 1. The normalized spacial score (nSPS) is 19.2. The summed E-state index contributed by atoms with van der Waals surface area (Å²) in [5, 5.41) is 3.83. The molecule has 0 aromatic heterocycles. The molecule has 1 atom stereocenters. The highest BCUT2D eigenvalue weighted by Crippen LogP contribution is 2.39. The standard InChI is InChI=1S/C17H27NO/c1-14(12-16(2,3)19-4)18-17(10-11-17)13-15-8-6-5-7-9-15/h5-9,14,18H,10-13H2,1-4H3/t14-/m0/s1. The Bertz CT molecular complexity index is 395. The molecule has 2 nitrogen and oxygen atoms in total. The van der Waals surface area contributed by atoms with Gasteiger partial charge in [-0.25, -0.2) is 0 Å². The number of hydrogen-bond acceptors (Lipinski definition) is 2. The smallest absolute Gasteiger partial charge is 0.0637 e. The molecule has 1 fully saturated rings. The average molecular weight is 261 g/mol. The molecule has 0 unspecified atom stereocenters. The fourth-order valence-corrected chi connectivity index (χ4v) is 2.90. The SMILES string of the molecule is COC(C)(C)C[C@H](C)NC1(Cc2ccccc2)CC1. The number of nitrogens with one attached hydrogen (secondary N) is 1. The topological polar surface area (TPSA) is 21.3 Å². The van der Waals surface area contributed by atoms with Crippen LogP contribution < -0.4 is 5.32 Å². The lowest BCUT2D eigenvalue weighted by Crippen LogP contribution is -2.43. The maximum Gasteiger partial charge on any atom is 0.0637 e. The van der Waals surface area contributed by atoms with Crippen molar-refractivity contribution < 1.29 is 4.74 Å². The van der Waals surface area contributed by atoms with Crippen molar-refractivity contribution in [2.45, 2.75) is 63.6 Å². The molecule has 0 amide bonds. The van der Waals surface area contributed by atoms with Crippen LogP contribution in [0.4, 0.5) is 0 Å². The van der Waals surface area contributed by atoms with Crippen LogP contribution in [-0.2, 0) is 11.2 Å². The Hall–Kier alpha value is -0.860. The molecule has 106 valence electrons. The molecule has 0 saturated heterocycles. The van der Waals surface area contributed by atoms with Crippen molar-refractivity contribution in [2.75, 3.05) is 7.11 Å². The third-order valence-corrected chi connectivity index (χ3v) is 4.14. The third kappa shape index (κ3) is 4.32. The summed E-state index contributed by atoms with van der Waals surface area (Å²) in [7, 11) is 1.80. The first kappa shape index (κ1) is 14.5. The zero-order valence-electron chi connectivity index (χ0n) is 12.7. The fraction of sp³-hybridized carbons (Fsp3) is 0.647. The van der Waals surface area contributed by atoms with E-state index in [0.717, 1.165) is 12.8 Å². The largest absolute Gasteiger partial charge is 0.379 e. The molecule has 0 spiro atoms. The Morgan fingerprint density at radius 3 is 2.42 bits per heavy atom. The van der Waals surface area contributed by atoms with Crippen molar-refractivity contribution in [2.24, 2.45) is 0 Å². The summed E-state index contributed by atoms with van der Waals surface area (Å²) in [4.78, 5) is 0. The van der Waals surface area contributed by atoms with E-state index in [1.54, 1.807) is 7.11 Å². The van der Waals surface area contributed by atoms with E-state index in [9.17, 15) is 0 Å². The minimum Gasteiger partial charge on any atom is -0.379 e. The first-order valence-electron chi connectivity index (χ1n) is 7.32. The van der Waals surface area contributed by atoms with Crippen molar-refractivity contribution in [1.29, 1.82) is 0 Å². The van der Waals surface area contributed by atoms with Gasteiger partial charge in [0.05, 0.1) is 5.60 Å². The number of methoxy groups -OCH3 is 1. The van der Waals surface area contributed by atoms with E-state index in [1.165, 1.54) is 18.4 Å². The van der Waals surface area contributed by atoms with Gasteiger partial charge in [0.2, 0.25) is 0 Å². The number of hydrogen-bond donors (Lipinski definition) is 1. The van der Waals surface area contributed by atoms with E-state index in [4.69, 9.17) is 4.74 Å². The van der Waals surface area contributed by atoms with Crippen LogP contribution in [0.5, 0.6) is 0 Å². The zero-order valence-corrected chi connectivity index (χ0v) is 12.7. The van der Waals surface area contributed by atoms with Crippen molar-refractivity contribution in [1.82, 2.24) is 5.32 Å². The summed E-state index contributed by atoms with van der Waals surface area (Å²) in [5.41, 5.74) is 1.73. The van der Waals surface area contributed by atoms with E-state index >= 15 is 0 Å². The lowest BCUT2D eigenvalue weighted by Gasteiger charge is -2.30. The minimum atomic E-state index is -0.0464. The van der Waals surface area contributed by atoms with Crippen LogP contribution in [0, 0.1) is 0 Å². The highest BCUT2D eigenvalue weighted by Gasteiger charge is 2.43. The van der Waals surface area contributed by atoms with Crippen LogP contribution in [0.1, 0.15) is 45.6 Å². The van der Waals surface area contributed by atoms with Crippen LogP contribution in [0.3, 0.4) is 0 Å². The number of ether oxygens (including phenoxy) is 1. The maximum atomic E-state index is 5.52. The monoisotopic (exact) mass is 261 g/mol. The van der Waals surface area contributed by atoms with Crippen molar-refractivity contribution in [3.8, 4) is 0 Å². The summed E-state index contributed by atoms with van der Waals surface area (Å²) in [6, 6.07) is 11.3. The second-order valence-corrected chi connectivity index (χ2v) is 6.66. The Morgan fingerprint density at radius 1 is 1.26 bits per heavy atom. The van der Waals surface area contributed by atoms with Crippen LogP contribution >= 0.6 is 0 Å². The van der Waals surface area contributed by atoms with Gasteiger partial charge in [-0.05, 0) is 52.0 Å². The van der Waals surface area contributed by atoms with E-state index < -0.39 is 0 Å². The van der Waals surface area contributed by atoms with Gasteiger partial charge in [0, 0.05) is 18.7 Å². The van der Waals surface area contributed by atoms with Crippen LogP contribution in [0.25, 0.3) is 0 Å². The quantitative estimate of drug-likeness (QED) is 0.810. The van der Waals surface area contributed by atoms with Crippen LogP contribution in [0.2, 0.25) is 0 Å². The molecular formula is C17H27NO. The Labute approximate surface area is 117 Å². The third-order valence-electron chi connectivity index (χ3n) is 4.14. The Kier molecular flexibility index (Phi) is 4.32. The maximum absolute atomic E-state index is 5.52. The molecule has 2 rings (SSSR count). The van der Waals surface area contributed by atoms with Gasteiger partial charge in [-0.3, -0.25) is 0 Å². The molecule has 1 aromatic carbocycles. The summed E-state index contributed by atoms with van der Waals surface area (Å²) < 4.78 is 5.52. The van der Waals surface area contributed by atoms with Gasteiger partial charge in [-0.1, -0.05) is 30.3 Å². The molecule has 1 saturated carbocycles. The van der Waals surface area contributed by atoms with Crippen LogP contribution in [0.15, 0.2) is 30.3 Å². The van der Waals surface area contributed by atoms with Gasteiger partial charge in [-0.15, -0.1) is 0 Å². The molecule has 1 aliphatic rings. The Balaban J connectivity index is 1.88. The lowest BCUT2D eigenvalue weighted by molar-refractivity contribution is 0.00737. The Morgan fingerprint density at radius 2 is 1.89 bits per heavy atom. The zero-order chi connectivity index (χ0) is 13.9. The molecule has 19 heavy (non-hydrogen) atoms. The first-order chi connectivity index (χ1) is 8.95. The number of rotatable bonds is 7. The van der Waals surface area contributed by atoms with E-state index in [1.807, 2.05) is 0 Å². The molecule has 0 heterocycles. The van der Waals surface area contributed by atoms with Gasteiger partial charge < -0.3 is 10.1 Å². The fourth-order valence-electron chi connectivity index (χ4n) is 2.90. The van der Waals surface area contributed by atoms with Crippen molar-refractivity contribution in [3.05, 3.63) is 35.9 Å². The summed E-state index contributed by atoms with van der Waals surface area (Å²) in [5.74, 6) is 0. The summed E-state index contributed by atoms with van der Waals surface area (Å²) >= 11 is 0. The van der Waals surface area contributed by atoms with Gasteiger partial charge >= 0.3 is 0 Å². The van der Waals surface area contributed by atoms with Crippen molar-refractivity contribution >= 4 is 0 Å². The lowest BCUT2D eigenvalue weighted by atomic mass is 9.97. The van der Waals surface area contributed by atoms with Gasteiger partial charge in [0.1, 0.15) is 0 Å². The average Bonchev–Trinajstić information content (AvgIpc) is 3.09. The second-order valence-electron chi connectivity index (χ2n) is 6.66. The molecule has 1 aromatic rings. The van der Waals surface area contributed by atoms with Gasteiger partial charge in [0.25, 0.3) is 0 Å². The highest BCUT2D eigenvalue weighted by molar-refractivity contribution is 5.21. The van der Waals surface area contributed by atoms with Gasteiger partial charge in [-0.2, -0.15) is 0 Å². The van der Waals surface area contributed by atoms with Crippen LogP contribution in [-0.4, -0.2) is 24.3 Å². The van der Waals surface area contributed by atoms with E-state index in [0.29, 0.717) is 11.6 Å². The molecule has 2 heteroatoms. The minimum absolute atomic E-state index is 0.0464. The molecule has 0 aliphatic heterocycles. The molecule has 0 radical (unpaired) electrons. The van der Waals surface area contributed by atoms with Crippen molar-refractivity contribution in [3.63, 3.8) is 0 Å². The second kappa shape index (κ2) is 5.64. The van der Waals surface area contributed by atoms with Gasteiger partial charge in [0.15, 0.2) is 0 Å². The first-order valence-corrected chi connectivity index (χ1v) is 7.32. The molecule has 1 aliphatic carbocycles. The summed E-state index contributed by atoms with van der Waals surface area (Å²) in [6.07, 6.45) is 4.77. The summed E-state index contributed by atoms with van der Waals surface area (Å²) in [6.45, 7) is 6.58. The molecule has 0 bridgehead atoms.